The number of hydrogen-bond acceptors (Lipinski definition) is 11. The van der Waals surface area contributed by atoms with E-state index in [2.05, 4.69) is 56.4 Å². The number of hydrogen-bond donors (Lipinski definition) is 6. The normalized spacial score (nSPS) is 10.7. The van der Waals surface area contributed by atoms with Crippen LogP contribution in [0.4, 0.5) is 57.8 Å². The molecule has 0 aliphatic rings. The van der Waals surface area contributed by atoms with Gasteiger partial charge in [-0.25, -0.2) is 37.2 Å². The fourth-order valence-corrected chi connectivity index (χ4v) is 4.66. The number of carbonyl (C=O) groups is 6. The summed E-state index contributed by atoms with van der Waals surface area (Å²) < 4.78 is 111. The highest BCUT2D eigenvalue weighted by molar-refractivity contribution is 7.90. The number of nitrogens with one attached hydrogen (secondary N) is 6. The SMILES string of the molecule is C=C(C)C(=O)OCCNC(=O)Nc1ccc(C(F)(F)F)cc1.C=C(C)C(=O)OCCNC(=O)Nc1ccc(S(C)(=O)=O)cc1.C=CC(=O)OCCNC(=O)Nc1ccc(C(F)(F)F)cc1. The summed E-state index contributed by atoms with van der Waals surface area (Å²) in [6.45, 7) is 13.3. The lowest BCUT2D eigenvalue weighted by molar-refractivity contribution is -0.139. The van der Waals surface area contributed by atoms with E-state index < -0.39 is 69.3 Å². The molecule has 0 fully saturated rings. The maximum Gasteiger partial charge on any atom is 0.416 e. The van der Waals surface area contributed by atoms with Crippen molar-refractivity contribution in [2.75, 3.05) is 61.7 Å². The smallest absolute Gasteiger partial charge is 0.416 e. The van der Waals surface area contributed by atoms with Gasteiger partial charge in [-0.05, 0) is 86.6 Å². The van der Waals surface area contributed by atoms with Gasteiger partial charge in [-0.3, -0.25) is 0 Å². The second kappa shape index (κ2) is 27.0. The predicted molar refractivity (Wildman–Crippen MR) is 226 cm³/mol. The number of esters is 3. The Hall–Kier alpha value is -7.37. The number of urea groups is 3. The topological polar surface area (TPSA) is 236 Å². The summed E-state index contributed by atoms with van der Waals surface area (Å²) in [5.74, 6) is -1.69. The van der Waals surface area contributed by atoms with Crippen molar-refractivity contribution in [2.45, 2.75) is 31.1 Å². The number of anilines is 3. The molecule has 24 heteroatoms. The minimum Gasteiger partial charge on any atom is -0.461 e. The molecule has 3 aromatic carbocycles. The van der Waals surface area contributed by atoms with Gasteiger partial charge >= 0.3 is 48.4 Å². The van der Waals surface area contributed by atoms with Gasteiger partial charge in [0.25, 0.3) is 0 Å². The van der Waals surface area contributed by atoms with Crippen LogP contribution < -0.4 is 31.9 Å². The summed E-state index contributed by atoms with van der Waals surface area (Å²) in [6, 6.07) is 12.1. The highest BCUT2D eigenvalue weighted by atomic mass is 32.2. The van der Waals surface area contributed by atoms with Crippen LogP contribution in [0.3, 0.4) is 0 Å². The Morgan fingerprint density at radius 1 is 0.554 bits per heavy atom. The number of ether oxygens (including phenoxy) is 3. The Morgan fingerprint density at radius 3 is 1.11 bits per heavy atom. The molecule has 0 aliphatic heterocycles. The summed E-state index contributed by atoms with van der Waals surface area (Å²) >= 11 is 0. The van der Waals surface area contributed by atoms with E-state index >= 15 is 0 Å². The molecule has 0 heterocycles. The summed E-state index contributed by atoms with van der Waals surface area (Å²) in [7, 11) is -3.26. The molecule has 65 heavy (non-hydrogen) atoms. The molecule has 17 nitrogen and oxygen atoms in total. The molecule has 6 amide bonds. The minimum absolute atomic E-state index is 0.0339. The number of sulfone groups is 1. The van der Waals surface area contributed by atoms with Crippen LogP contribution in [0.1, 0.15) is 25.0 Å². The van der Waals surface area contributed by atoms with Crippen molar-refractivity contribution < 1.29 is 77.7 Å². The lowest BCUT2D eigenvalue weighted by atomic mass is 10.2. The third kappa shape index (κ3) is 24.2. The first-order valence-electron chi connectivity index (χ1n) is 18.5. The Bertz CT molecular complexity index is 2240. The molecular weight excluding hydrogens is 899 g/mol. The molecule has 0 unspecified atom stereocenters. The standard InChI is InChI=1S/C14H15F3N2O3.C14H18N2O5S.C13H13F3N2O3/c1-9(2)12(20)22-8-7-18-13(21)19-11-5-3-10(4-6-11)14(15,16)17;1-10(2)13(17)21-9-8-15-14(18)16-11-4-6-12(7-5-11)22(3,19)20;1-2-11(19)21-8-7-17-12(20)18-10-5-3-9(4-6-10)13(14,15)16/h3-6H,1,7-8H2,2H3,(H2,18,19,21);4-7H,1,8-9H2,2-3H3,(H2,15,16,18);2-6H,1,7-8H2,(H2,17,18,20). The van der Waals surface area contributed by atoms with Crippen LogP contribution in [0.2, 0.25) is 0 Å². The molecule has 0 spiro atoms. The highest BCUT2D eigenvalue weighted by Crippen LogP contribution is 2.30. The maximum atomic E-state index is 12.4. The number of halogens is 6. The van der Waals surface area contributed by atoms with Gasteiger partial charge in [-0.1, -0.05) is 19.7 Å². The Morgan fingerprint density at radius 2 is 0.846 bits per heavy atom. The number of rotatable bonds is 16. The van der Waals surface area contributed by atoms with Gasteiger partial charge in [0.1, 0.15) is 19.8 Å². The van der Waals surface area contributed by atoms with Gasteiger partial charge < -0.3 is 46.1 Å². The average molecular weight is 945 g/mol. The second-order valence-corrected chi connectivity index (χ2v) is 14.8. The molecule has 0 radical (unpaired) electrons. The van der Waals surface area contributed by atoms with Crippen LogP contribution in [0.5, 0.6) is 0 Å². The Labute approximate surface area is 369 Å². The van der Waals surface area contributed by atoms with Gasteiger partial charge in [0, 0.05) is 40.5 Å². The summed E-state index contributed by atoms with van der Waals surface area (Å²) in [5, 5.41) is 14.5. The molecule has 0 bridgehead atoms. The zero-order valence-corrected chi connectivity index (χ0v) is 35.9. The number of alkyl halides is 6. The van der Waals surface area contributed by atoms with Crippen LogP contribution in [0, 0.1) is 0 Å². The molecule has 354 valence electrons. The molecule has 3 aromatic rings. The van der Waals surface area contributed by atoms with Crippen molar-refractivity contribution in [2.24, 2.45) is 0 Å². The monoisotopic (exact) mass is 944 g/mol. The third-order valence-electron chi connectivity index (χ3n) is 7.22. The Kier molecular flexibility index (Phi) is 23.1. The van der Waals surface area contributed by atoms with Crippen LogP contribution in [0.15, 0.2) is 115 Å². The summed E-state index contributed by atoms with van der Waals surface area (Å²) in [5.41, 5.74) is -0.198. The third-order valence-corrected chi connectivity index (χ3v) is 8.35. The van der Waals surface area contributed by atoms with Gasteiger partial charge in [0.2, 0.25) is 0 Å². The van der Waals surface area contributed by atoms with E-state index in [9.17, 15) is 63.5 Å². The van der Waals surface area contributed by atoms with Crippen molar-refractivity contribution >= 4 is 62.9 Å². The zero-order valence-electron chi connectivity index (χ0n) is 35.0. The van der Waals surface area contributed by atoms with Gasteiger partial charge in [0.05, 0.1) is 35.7 Å². The fourth-order valence-electron chi connectivity index (χ4n) is 4.03. The van der Waals surface area contributed by atoms with Crippen LogP contribution >= 0.6 is 0 Å². The quantitative estimate of drug-likeness (QED) is 0.0286. The van der Waals surface area contributed by atoms with E-state index in [1.54, 1.807) is 0 Å². The van der Waals surface area contributed by atoms with E-state index in [0.29, 0.717) is 5.69 Å². The number of benzene rings is 3. The van der Waals surface area contributed by atoms with E-state index in [1.807, 2.05) is 0 Å². The first kappa shape index (κ1) is 55.6. The first-order valence-corrected chi connectivity index (χ1v) is 20.4. The van der Waals surface area contributed by atoms with Crippen molar-refractivity contribution in [3.05, 3.63) is 121 Å². The van der Waals surface area contributed by atoms with Crippen molar-refractivity contribution in [1.82, 2.24) is 16.0 Å². The van der Waals surface area contributed by atoms with E-state index in [-0.39, 0.29) is 66.9 Å². The zero-order chi connectivity index (χ0) is 49.4. The van der Waals surface area contributed by atoms with Gasteiger partial charge in [0.15, 0.2) is 9.84 Å². The molecular formula is C41H46F6N6O11S. The first-order chi connectivity index (χ1) is 30.2. The number of carbonyl (C=O) groups excluding carboxylic acids is 6. The molecule has 0 saturated heterocycles. The lowest BCUT2D eigenvalue weighted by Crippen LogP contribution is -2.32. The second-order valence-electron chi connectivity index (χ2n) is 12.8. The molecule has 3 rings (SSSR count). The average Bonchev–Trinajstić information content (AvgIpc) is 3.22. The Balaban J connectivity index is 0.000000488. The molecule has 0 aromatic heterocycles. The summed E-state index contributed by atoms with van der Waals surface area (Å²) in [4.78, 5) is 67.5. The van der Waals surface area contributed by atoms with Gasteiger partial charge in [-0.15, -0.1) is 0 Å². The lowest BCUT2D eigenvalue weighted by Gasteiger charge is -2.10. The van der Waals surface area contributed by atoms with Crippen molar-refractivity contribution in [3.63, 3.8) is 0 Å². The highest BCUT2D eigenvalue weighted by Gasteiger charge is 2.30. The van der Waals surface area contributed by atoms with E-state index in [1.165, 1.54) is 38.1 Å². The fraction of sp³-hybridized carbons (Fsp3) is 0.268. The molecule has 6 N–H and O–H groups in total. The minimum atomic E-state index is -4.42. The van der Waals surface area contributed by atoms with Gasteiger partial charge in [-0.2, -0.15) is 26.3 Å². The van der Waals surface area contributed by atoms with Crippen LogP contribution in [-0.4, -0.2) is 90.1 Å². The predicted octanol–water partition coefficient (Wildman–Crippen LogP) is 6.83. The van der Waals surface area contributed by atoms with E-state index in [0.717, 1.165) is 60.9 Å². The maximum absolute atomic E-state index is 12.4. The largest absolute Gasteiger partial charge is 0.461 e. The van der Waals surface area contributed by atoms with Crippen molar-refractivity contribution in [1.29, 1.82) is 0 Å². The number of amides is 6. The molecule has 0 aliphatic carbocycles. The summed E-state index contributed by atoms with van der Waals surface area (Å²) in [6.07, 6.45) is -6.75. The molecule has 0 atom stereocenters. The van der Waals surface area contributed by atoms with E-state index in [4.69, 9.17) is 9.47 Å². The van der Waals surface area contributed by atoms with Crippen molar-refractivity contribution in [3.8, 4) is 0 Å². The van der Waals surface area contributed by atoms with Crippen LogP contribution in [-0.2, 0) is 50.8 Å². The van der Waals surface area contributed by atoms with Crippen LogP contribution in [0.25, 0.3) is 0 Å². The molecule has 0 saturated carbocycles.